The van der Waals surface area contributed by atoms with Crippen LogP contribution >= 0.6 is 15.9 Å². The van der Waals surface area contributed by atoms with E-state index < -0.39 is 0 Å². The van der Waals surface area contributed by atoms with Gasteiger partial charge < -0.3 is 4.74 Å². The quantitative estimate of drug-likeness (QED) is 0.638. The fraction of sp³-hybridized carbons (Fsp3) is 0.286. The summed E-state index contributed by atoms with van der Waals surface area (Å²) in [5.41, 5.74) is 3.34. The number of nitrogens with one attached hydrogen (secondary N) is 1. The fourth-order valence-corrected chi connectivity index (χ4v) is 1.05. The molecule has 0 radical (unpaired) electrons. The van der Waals surface area contributed by atoms with Crippen molar-refractivity contribution in [2.24, 2.45) is 0 Å². The second kappa shape index (κ2) is 4.27. The van der Waals surface area contributed by atoms with Gasteiger partial charge in [0.25, 0.3) is 0 Å². The fourth-order valence-electron chi connectivity index (χ4n) is 0.761. The second-order valence-corrected chi connectivity index (χ2v) is 2.81. The highest BCUT2D eigenvalue weighted by molar-refractivity contribution is 9.10. The molecule has 12 heavy (non-hydrogen) atoms. The van der Waals surface area contributed by atoms with Gasteiger partial charge in [-0.1, -0.05) is 0 Å². The average Bonchev–Trinajstić information content (AvgIpc) is 2.08. The van der Waals surface area contributed by atoms with E-state index in [1.165, 1.54) is 7.11 Å². The van der Waals surface area contributed by atoms with Crippen molar-refractivity contribution in [2.45, 2.75) is 0 Å². The third-order valence-corrected chi connectivity index (χ3v) is 1.67. The lowest BCUT2D eigenvalue weighted by atomic mass is 10.4. The number of ether oxygens (including phenoxy) is 1. The molecule has 0 unspecified atom stereocenters. The van der Waals surface area contributed by atoms with Crippen LogP contribution < -0.4 is 10.2 Å². The molecular formula is C7H9BrN2O2. The van der Waals surface area contributed by atoms with Crippen molar-refractivity contribution in [3.8, 4) is 5.88 Å². The molecule has 0 bridgehead atoms. The maximum absolute atomic E-state index is 5.00. The molecule has 66 valence electrons. The van der Waals surface area contributed by atoms with Gasteiger partial charge in [-0.3, -0.25) is 10.3 Å². The van der Waals surface area contributed by atoms with Gasteiger partial charge in [-0.05, 0) is 28.1 Å². The van der Waals surface area contributed by atoms with Crippen LogP contribution in [0.3, 0.4) is 0 Å². The summed E-state index contributed by atoms with van der Waals surface area (Å²) in [7, 11) is 3.08. The molecule has 1 aromatic rings. The number of aromatic nitrogens is 1. The summed E-state index contributed by atoms with van der Waals surface area (Å²) in [6, 6.07) is 3.60. The van der Waals surface area contributed by atoms with Crippen LogP contribution in [0.2, 0.25) is 0 Å². The summed E-state index contributed by atoms with van der Waals surface area (Å²) in [5.74, 6) is 0.492. The molecule has 0 aliphatic carbocycles. The zero-order chi connectivity index (χ0) is 8.97. The van der Waals surface area contributed by atoms with E-state index in [1.807, 2.05) is 0 Å². The molecule has 0 fully saturated rings. The summed E-state index contributed by atoms with van der Waals surface area (Å²) >= 11 is 3.23. The average molecular weight is 233 g/mol. The summed E-state index contributed by atoms with van der Waals surface area (Å²) in [5, 5.41) is 0. The van der Waals surface area contributed by atoms with Crippen molar-refractivity contribution in [3.05, 3.63) is 16.7 Å². The zero-order valence-corrected chi connectivity index (χ0v) is 8.38. The second-order valence-electron chi connectivity index (χ2n) is 2.00. The number of hydrogen-bond acceptors (Lipinski definition) is 4. The van der Waals surface area contributed by atoms with Gasteiger partial charge in [0.1, 0.15) is 10.3 Å². The van der Waals surface area contributed by atoms with E-state index >= 15 is 0 Å². The molecule has 1 aromatic heterocycles. The van der Waals surface area contributed by atoms with E-state index in [0.717, 1.165) is 4.60 Å². The highest BCUT2D eigenvalue weighted by atomic mass is 79.9. The first-order valence-corrected chi connectivity index (χ1v) is 4.06. The molecule has 0 aliphatic rings. The number of rotatable bonds is 3. The van der Waals surface area contributed by atoms with E-state index in [0.29, 0.717) is 11.6 Å². The van der Waals surface area contributed by atoms with Crippen molar-refractivity contribution in [3.63, 3.8) is 0 Å². The van der Waals surface area contributed by atoms with Gasteiger partial charge in [0.05, 0.1) is 14.2 Å². The summed E-state index contributed by atoms with van der Waals surface area (Å²) in [4.78, 5) is 8.79. The van der Waals surface area contributed by atoms with Gasteiger partial charge in [0.2, 0.25) is 5.88 Å². The first kappa shape index (κ1) is 9.28. The lowest BCUT2D eigenvalue weighted by molar-refractivity contribution is 0.267. The van der Waals surface area contributed by atoms with Crippen molar-refractivity contribution in [1.29, 1.82) is 0 Å². The topological polar surface area (TPSA) is 43.4 Å². The minimum Gasteiger partial charge on any atom is -0.479 e. The molecule has 1 heterocycles. The van der Waals surface area contributed by atoms with Crippen LogP contribution in [-0.2, 0) is 4.84 Å². The van der Waals surface area contributed by atoms with E-state index in [-0.39, 0.29) is 0 Å². The van der Waals surface area contributed by atoms with E-state index in [9.17, 15) is 0 Å². The summed E-state index contributed by atoms with van der Waals surface area (Å²) < 4.78 is 5.72. The number of hydrogen-bond donors (Lipinski definition) is 1. The van der Waals surface area contributed by atoms with E-state index in [2.05, 4.69) is 26.4 Å². The third kappa shape index (κ3) is 2.09. The predicted molar refractivity (Wildman–Crippen MR) is 49.1 cm³/mol. The molecule has 4 nitrogen and oxygen atoms in total. The Morgan fingerprint density at radius 2 is 2.17 bits per heavy atom. The molecule has 0 saturated heterocycles. The van der Waals surface area contributed by atoms with Crippen LogP contribution in [0.4, 0.5) is 5.69 Å². The molecule has 0 spiro atoms. The first-order chi connectivity index (χ1) is 5.77. The van der Waals surface area contributed by atoms with Gasteiger partial charge in [0, 0.05) is 0 Å². The lowest BCUT2D eigenvalue weighted by Gasteiger charge is -2.07. The van der Waals surface area contributed by atoms with E-state index in [4.69, 9.17) is 9.57 Å². The maximum Gasteiger partial charge on any atom is 0.240 e. The van der Waals surface area contributed by atoms with Gasteiger partial charge in [0.15, 0.2) is 0 Å². The van der Waals surface area contributed by atoms with Gasteiger partial charge in [-0.15, -0.1) is 0 Å². The first-order valence-electron chi connectivity index (χ1n) is 3.27. The Balaban J connectivity index is 2.94. The molecule has 1 N–H and O–H groups in total. The van der Waals surface area contributed by atoms with Crippen LogP contribution in [0.15, 0.2) is 16.7 Å². The standard InChI is InChI=1S/C7H9BrN2O2/c1-11-7-5(10-12-2)3-4-6(8)9-7/h3-4,10H,1-2H3. The number of halogens is 1. The summed E-state index contributed by atoms with van der Waals surface area (Å²) in [6.07, 6.45) is 0. The zero-order valence-electron chi connectivity index (χ0n) is 6.80. The van der Waals surface area contributed by atoms with Crippen molar-refractivity contribution in [1.82, 2.24) is 4.98 Å². The molecule has 0 atom stereocenters. The largest absolute Gasteiger partial charge is 0.479 e. The third-order valence-electron chi connectivity index (χ3n) is 1.23. The molecule has 1 rings (SSSR count). The Hall–Kier alpha value is -0.810. The minimum atomic E-state index is 0.492. The molecule has 0 aliphatic heterocycles. The van der Waals surface area contributed by atoms with Crippen molar-refractivity contribution >= 4 is 21.6 Å². The van der Waals surface area contributed by atoms with Crippen molar-refractivity contribution < 1.29 is 9.57 Å². The summed E-state index contributed by atoms with van der Waals surface area (Å²) in [6.45, 7) is 0. The highest BCUT2D eigenvalue weighted by Crippen LogP contribution is 2.23. The molecule has 0 aromatic carbocycles. The SMILES string of the molecule is CONc1ccc(Br)nc1OC. The minimum absolute atomic E-state index is 0.492. The predicted octanol–water partition coefficient (Wildman–Crippen LogP) is 1.83. The molecule has 0 saturated carbocycles. The maximum atomic E-state index is 5.00. The monoisotopic (exact) mass is 232 g/mol. The van der Waals surface area contributed by atoms with Crippen LogP contribution in [0.25, 0.3) is 0 Å². The van der Waals surface area contributed by atoms with Crippen LogP contribution in [0.5, 0.6) is 5.88 Å². The van der Waals surface area contributed by atoms with Crippen LogP contribution in [0.1, 0.15) is 0 Å². The number of anilines is 1. The number of nitrogens with zero attached hydrogens (tertiary/aromatic N) is 1. The Morgan fingerprint density at radius 1 is 1.42 bits per heavy atom. The Morgan fingerprint density at radius 3 is 2.75 bits per heavy atom. The molecule has 5 heteroatoms. The highest BCUT2D eigenvalue weighted by Gasteiger charge is 2.03. The van der Waals surface area contributed by atoms with Crippen LogP contribution in [0, 0.1) is 0 Å². The van der Waals surface area contributed by atoms with Gasteiger partial charge in [-0.2, -0.15) is 0 Å². The van der Waals surface area contributed by atoms with Crippen LogP contribution in [-0.4, -0.2) is 19.2 Å². The lowest BCUT2D eigenvalue weighted by Crippen LogP contribution is -2.00. The normalized spacial score (nSPS) is 9.58. The number of pyridine rings is 1. The van der Waals surface area contributed by atoms with Gasteiger partial charge in [-0.25, -0.2) is 4.98 Å². The Labute approximate surface area is 79.0 Å². The Bertz CT molecular complexity index is 268. The van der Waals surface area contributed by atoms with Crippen molar-refractivity contribution in [2.75, 3.05) is 19.7 Å². The molecule has 0 amide bonds. The molecular weight excluding hydrogens is 224 g/mol. The van der Waals surface area contributed by atoms with E-state index in [1.54, 1.807) is 19.2 Å². The van der Waals surface area contributed by atoms with Gasteiger partial charge >= 0.3 is 0 Å². The number of methoxy groups -OCH3 is 1. The Kier molecular flexibility index (Phi) is 3.31. The smallest absolute Gasteiger partial charge is 0.240 e.